The Hall–Kier alpha value is -0.810. The van der Waals surface area contributed by atoms with E-state index in [4.69, 9.17) is 5.11 Å². The van der Waals surface area contributed by atoms with Crippen LogP contribution in [0.5, 0.6) is 0 Å². The van der Waals surface area contributed by atoms with Gasteiger partial charge in [0, 0.05) is 13.1 Å². The summed E-state index contributed by atoms with van der Waals surface area (Å²) >= 11 is 0. The molecule has 1 heterocycles. The normalized spacial score (nSPS) is 24.2. The second-order valence-electron chi connectivity index (χ2n) is 4.70. The van der Waals surface area contributed by atoms with Crippen molar-refractivity contribution in [2.75, 3.05) is 20.1 Å². The highest BCUT2D eigenvalue weighted by Crippen LogP contribution is 2.26. The highest BCUT2D eigenvalue weighted by atomic mass is 35.5. The smallest absolute Gasteiger partial charge is 0.320 e. The SMILES string of the molecule is CN(C(=O)CN1CCC[C@H]1C(=O)O)C1CC1.Cl. The second-order valence-corrected chi connectivity index (χ2v) is 4.70. The van der Waals surface area contributed by atoms with Gasteiger partial charge in [-0.05, 0) is 32.2 Å². The predicted octanol–water partition coefficient (Wildman–Crippen LogP) is 0.578. The van der Waals surface area contributed by atoms with Crippen LogP contribution in [0.4, 0.5) is 0 Å². The van der Waals surface area contributed by atoms with E-state index in [0.717, 1.165) is 25.8 Å². The van der Waals surface area contributed by atoms with Gasteiger partial charge in [-0.1, -0.05) is 0 Å². The largest absolute Gasteiger partial charge is 0.480 e. The predicted molar refractivity (Wildman–Crippen MR) is 65.3 cm³/mol. The molecule has 0 radical (unpaired) electrons. The molecule has 2 fully saturated rings. The third-order valence-corrected chi connectivity index (χ3v) is 3.48. The molecule has 1 aliphatic heterocycles. The van der Waals surface area contributed by atoms with E-state index in [2.05, 4.69) is 0 Å². The van der Waals surface area contributed by atoms with Gasteiger partial charge < -0.3 is 10.0 Å². The molecule has 1 saturated heterocycles. The van der Waals surface area contributed by atoms with E-state index in [1.165, 1.54) is 0 Å². The Morgan fingerprint density at radius 3 is 2.53 bits per heavy atom. The number of aliphatic carboxylic acids is 1. The van der Waals surface area contributed by atoms with E-state index in [0.29, 0.717) is 12.5 Å². The van der Waals surface area contributed by atoms with E-state index >= 15 is 0 Å². The van der Waals surface area contributed by atoms with Crippen molar-refractivity contribution in [2.45, 2.75) is 37.8 Å². The van der Waals surface area contributed by atoms with Crippen molar-refractivity contribution < 1.29 is 14.7 Å². The van der Waals surface area contributed by atoms with Gasteiger partial charge in [0.05, 0.1) is 6.54 Å². The molecular weight excluding hydrogens is 244 g/mol. The van der Waals surface area contributed by atoms with E-state index in [1.54, 1.807) is 9.80 Å². The highest BCUT2D eigenvalue weighted by molar-refractivity contribution is 5.85. The van der Waals surface area contributed by atoms with Gasteiger partial charge in [-0.15, -0.1) is 12.4 Å². The molecule has 5 nitrogen and oxygen atoms in total. The number of amides is 1. The summed E-state index contributed by atoms with van der Waals surface area (Å²) in [6.45, 7) is 0.977. The molecule has 17 heavy (non-hydrogen) atoms. The molecule has 0 aromatic rings. The number of likely N-dealkylation sites (tertiary alicyclic amines) is 1. The van der Waals surface area contributed by atoms with Crippen LogP contribution in [0.15, 0.2) is 0 Å². The topological polar surface area (TPSA) is 60.9 Å². The zero-order valence-corrected chi connectivity index (χ0v) is 10.8. The van der Waals surface area contributed by atoms with Crippen LogP contribution in [0.1, 0.15) is 25.7 Å². The van der Waals surface area contributed by atoms with Gasteiger partial charge >= 0.3 is 5.97 Å². The summed E-state index contributed by atoms with van der Waals surface area (Å²) in [6.07, 6.45) is 3.71. The lowest BCUT2D eigenvalue weighted by Crippen LogP contribution is -2.44. The van der Waals surface area contributed by atoms with Crippen LogP contribution >= 0.6 is 12.4 Å². The minimum atomic E-state index is -0.806. The monoisotopic (exact) mass is 262 g/mol. The van der Waals surface area contributed by atoms with Gasteiger partial charge in [0.25, 0.3) is 0 Å². The summed E-state index contributed by atoms with van der Waals surface area (Å²) in [5.74, 6) is -0.755. The Labute approximate surface area is 107 Å². The molecule has 2 aliphatic rings. The quantitative estimate of drug-likeness (QED) is 0.805. The zero-order valence-electron chi connectivity index (χ0n) is 9.96. The van der Waals surface area contributed by atoms with E-state index in [-0.39, 0.29) is 24.9 Å². The van der Waals surface area contributed by atoms with Crippen molar-refractivity contribution >= 4 is 24.3 Å². The molecule has 0 spiro atoms. The van der Waals surface area contributed by atoms with Crippen LogP contribution in [0.3, 0.4) is 0 Å². The maximum atomic E-state index is 11.8. The zero-order chi connectivity index (χ0) is 11.7. The molecule has 1 N–H and O–H groups in total. The van der Waals surface area contributed by atoms with Gasteiger partial charge in [-0.25, -0.2) is 0 Å². The van der Waals surface area contributed by atoms with Crippen molar-refractivity contribution in [2.24, 2.45) is 0 Å². The van der Waals surface area contributed by atoms with Crippen molar-refractivity contribution in [1.29, 1.82) is 0 Å². The minimum absolute atomic E-state index is 0. The molecule has 0 bridgehead atoms. The van der Waals surface area contributed by atoms with Gasteiger partial charge in [-0.2, -0.15) is 0 Å². The number of carbonyl (C=O) groups is 2. The van der Waals surface area contributed by atoms with Crippen molar-refractivity contribution in [3.8, 4) is 0 Å². The first-order valence-corrected chi connectivity index (χ1v) is 5.82. The van der Waals surface area contributed by atoms with Crippen LogP contribution in [-0.2, 0) is 9.59 Å². The molecule has 1 amide bonds. The number of likely N-dealkylation sites (N-methyl/N-ethyl adjacent to an activating group) is 1. The molecule has 6 heteroatoms. The summed E-state index contributed by atoms with van der Waals surface area (Å²) in [5, 5.41) is 8.99. The standard InChI is InChI=1S/C11H18N2O3.ClH/c1-12(8-4-5-8)10(14)7-13-6-2-3-9(13)11(15)16;/h8-9H,2-7H2,1H3,(H,15,16);1H/t9-;/m0./s1. The average Bonchev–Trinajstić information content (AvgIpc) is 2.97. The summed E-state index contributed by atoms with van der Waals surface area (Å²) < 4.78 is 0. The second kappa shape index (κ2) is 5.69. The Balaban J connectivity index is 0.00000144. The molecule has 0 aromatic carbocycles. The van der Waals surface area contributed by atoms with Gasteiger partial charge in [0.1, 0.15) is 6.04 Å². The number of carbonyl (C=O) groups excluding carboxylic acids is 1. The molecular formula is C11H19ClN2O3. The van der Waals surface area contributed by atoms with Crippen LogP contribution in [0, 0.1) is 0 Å². The molecule has 0 aromatic heterocycles. The van der Waals surface area contributed by atoms with Crippen molar-refractivity contribution in [1.82, 2.24) is 9.80 Å². The Morgan fingerprint density at radius 2 is 2.00 bits per heavy atom. The molecule has 1 aliphatic carbocycles. The number of hydrogen-bond acceptors (Lipinski definition) is 3. The number of halogens is 1. The Bertz CT molecular complexity index is 307. The number of carboxylic acid groups (broad SMARTS) is 1. The Kier molecular flexibility index (Phi) is 4.77. The maximum absolute atomic E-state index is 11.8. The molecule has 98 valence electrons. The number of nitrogens with zero attached hydrogens (tertiary/aromatic N) is 2. The fraction of sp³-hybridized carbons (Fsp3) is 0.818. The van der Waals surface area contributed by atoms with Gasteiger partial charge in [0.2, 0.25) is 5.91 Å². The molecule has 0 unspecified atom stereocenters. The van der Waals surface area contributed by atoms with E-state index in [9.17, 15) is 9.59 Å². The lowest BCUT2D eigenvalue weighted by atomic mass is 10.2. The first-order valence-electron chi connectivity index (χ1n) is 5.82. The van der Waals surface area contributed by atoms with Crippen molar-refractivity contribution in [3.05, 3.63) is 0 Å². The summed E-state index contributed by atoms with van der Waals surface area (Å²) in [6, 6.07) is -0.0602. The van der Waals surface area contributed by atoms with E-state index < -0.39 is 12.0 Å². The number of rotatable bonds is 4. The first kappa shape index (κ1) is 14.3. The Morgan fingerprint density at radius 1 is 1.35 bits per heavy atom. The first-order chi connectivity index (χ1) is 7.59. The highest BCUT2D eigenvalue weighted by Gasteiger charge is 2.35. The summed E-state index contributed by atoms with van der Waals surface area (Å²) in [5.41, 5.74) is 0. The van der Waals surface area contributed by atoms with Crippen LogP contribution in [0.25, 0.3) is 0 Å². The number of hydrogen-bond donors (Lipinski definition) is 1. The summed E-state index contributed by atoms with van der Waals surface area (Å²) in [4.78, 5) is 26.3. The molecule has 1 saturated carbocycles. The molecule has 2 rings (SSSR count). The fourth-order valence-electron chi connectivity index (χ4n) is 2.25. The van der Waals surface area contributed by atoms with Gasteiger partial charge in [-0.3, -0.25) is 14.5 Å². The lowest BCUT2D eigenvalue weighted by Gasteiger charge is -2.24. The lowest BCUT2D eigenvalue weighted by molar-refractivity contribution is -0.143. The number of carboxylic acids is 1. The van der Waals surface area contributed by atoms with Crippen molar-refractivity contribution in [3.63, 3.8) is 0 Å². The van der Waals surface area contributed by atoms with Crippen LogP contribution in [0.2, 0.25) is 0 Å². The van der Waals surface area contributed by atoms with Crippen LogP contribution < -0.4 is 0 Å². The summed E-state index contributed by atoms with van der Waals surface area (Å²) in [7, 11) is 1.81. The molecule has 1 atom stereocenters. The maximum Gasteiger partial charge on any atom is 0.320 e. The van der Waals surface area contributed by atoms with Crippen LogP contribution in [-0.4, -0.2) is 59.0 Å². The van der Waals surface area contributed by atoms with E-state index in [1.807, 2.05) is 7.05 Å². The van der Waals surface area contributed by atoms with Gasteiger partial charge in [0.15, 0.2) is 0 Å². The third-order valence-electron chi connectivity index (χ3n) is 3.48. The fourth-order valence-corrected chi connectivity index (χ4v) is 2.25. The third kappa shape index (κ3) is 3.33. The average molecular weight is 263 g/mol. The minimum Gasteiger partial charge on any atom is -0.480 e.